The van der Waals surface area contributed by atoms with Crippen LogP contribution in [-0.4, -0.2) is 9.97 Å². The number of nitrogen functional groups attached to an aromatic ring is 1. The van der Waals surface area contributed by atoms with Gasteiger partial charge in [0.15, 0.2) is 11.6 Å². The van der Waals surface area contributed by atoms with Crippen LogP contribution in [0, 0.1) is 5.82 Å². The molecule has 0 saturated heterocycles. The van der Waals surface area contributed by atoms with E-state index in [1.807, 2.05) is 12.1 Å². The van der Waals surface area contributed by atoms with Crippen LogP contribution in [0.5, 0.6) is 6.01 Å². The standard InChI is InChI=1S/C14H16FN3O/c1-9(2)11-5-3-10(4-6-11)8-19-14-17-7-12(15)13(16)18-14/h3-7,9H,8H2,1-2H3,(H2,16,17,18). The van der Waals surface area contributed by atoms with E-state index in [1.54, 1.807) is 0 Å². The molecule has 1 aromatic carbocycles. The van der Waals surface area contributed by atoms with Gasteiger partial charge in [0.2, 0.25) is 0 Å². The van der Waals surface area contributed by atoms with E-state index in [4.69, 9.17) is 10.5 Å². The van der Waals surface area contributed by atoms with Gasteiger partial charge in [0, 0.05) is 0 Å². The van der Waals surface area contributed by atoms with E-state index in [0.29, 0.717) is 12.5 Å². The molecule has 2 aromatic rings. The Morgan fingerprint density at radius 2 is 1.95 bits per heavy atom. The summed E-state index contributed by atoms with van der Waals surface area (Å²) in [5.74, 6) is -0.357. The Morgan fingerprint density at radius 1 is 1.26 bits per heavy atom. The molecule has 100 valence electrons. The second kappa shape index (κ2) is 5.65. The molecule has 0 saturated carbocycles. The van der Waals surface area contributed by atoms with E-state index in [0.717, 1.165) is 11.8 Å². The lowest BCUT2D eigenvalue weighted by atomic mass is 10.0. The van der Waals surface area contributed by atoms with Crippen LogP contribution in [0.1, 0.15) is 30.9 Å². The van der Waals surface area contributed by atoms with Crippen molar-refractivity contribution in [1.82, 2.24) is 9.97 Å². The number of rotatable bonds is 4. The lowest BCUT2D eigenvalue weighted by Gasteiger charge is -2.08. The van der Waals surface area contributed by atoms with Crippen molar-refractivity contribution in [2.24, 2.45) is 0 Å². The van der Waals surface area contributed by atoms with Crippen molar-refractivity contribution in [3.8, 4) is 6.01 Å². The maximum Gasteiger partial charge on any atom is 0.318 e. The van der Waals surface area contributed by atoms with Crippen LogP contribution >= 0.6 is 0 Å². The number of halogens is 1. The molecule has 0 radical (unpaired) electrons. The SMILES string of the molecule is CC(C)c1ccc(COc2ncc(F)c(N)n2)cc1. The van der Waals surface area contributed by atoms with E-state index in [-0.39, 0.29) is 11.8 Å². The highest BCUT2D eigenvalue weighted by Crippen LogP contribution is 2.16. The third-order valence-electron chi connectivity index (χ3n) is 2.76. The van der Waals surface area contributed by atoms with Crippen molar-refractivity contribution in [3.63, 3.8) is 0 Å². The Bertz CT molecular complexity index is 555. The summed E-state index contributed by atoms with van der Waals surface area (Å²) < 4.78 is 18.2. The summed E-state index contributed by atoms with van der Waals surface area (Å²) in [6.07, 6.45) is 1.000. The molecule has 0 unspecified atom stereocenters. The lowest BCUT2D eigenvalue weighted by Crippen LogP contribution is -2.03. The second-order valence-corrected chi connectivity index (χ2v) is 4.57. The maximum absolute atomic E-state index is 12.9. The van der Waals surface area contributed by atoms with Crippen LogP contribution in [0.4, 0.5) is 10.2 Å². The summed E-state index contributed by atoms with van der Waals surface area (Å²) in [7, 11) is 0. The molecule has 19 heavy (non-hydrogen) atoms. The minimum atomic E-state index is -0.645. The normalized spacial score (nSPS) is 10.7. The number of benzene rings is 1. The molecule has 1 aromatic heterocycles. The number of hydrogen-bond donors (Lipinski definition) is 1. The largest absolute Gasteiger partial charge is 0.459 e. The Balaban J connectivity index is 2.00. The van der Waals surface area contributed by atoms with E-state index in [1.165, 1.54) is 5.56 Å². The van der Waals surface area contributed by atoms with Gasteiger partial charge in [0.25, 0.3) is 0 Å². The Morgan fingerprint density at radius 3 is 2.53 bits per heavy atom. The van der Waals surface area contributed by atoms with Gasteiger partial charge in [-0.3, -0.25) is 0 Å². The van der Waals surface area contributed by atoms with Gasteiger partial charge in [-0.2, -0.15) is 4.98 Å². The Labute approximate surface area is 111 Å². The first-order chi connectivity index (χ1) is 9.06. The van der Waals surface area contributed by atoms with Crippen molar-refractivity contribution in [1.29, 1.82) is 0 Å². The topological polar surface area (TPSA) is 61.0 Å². The molecule has 2 rings (SSSR count). The number of nitrogens with two attached hydrogens (primary N) is 1. The van der Waals surface area contributed by atoms with Crippen molar-refractivity contribution in [3.05, 3.63) is 47.4 Å². The average Bonchev–Trinajstić information content (AvgIpc) is 2.40. The zero-order valence-electron chi connectivity index (χ0n) is 10.9. The van der Waals surface area contributed by atoms with Gasteiger partial charge in [-0.1, -0.05) is 38.1 Å². The van der Waals surface area contributed by atoms with E-state index >= 15 is 0 Å². The molecule has 0 aliphatic rings. The Kier molecular flexibility index (Phi) is 3.94. The molecule has 0 spiro atoms. The third-order valence-corrected chi connectivity index (χ3v) is 2.76. The van der Waals surface area contributed by atoms with Crippen molar-refractivity contribution < 1.29 is 9.13 Å². The van der Waals surface area contributed by atoms with Gasteiger partial charge in [0.05, 0.1) is 6.20 Å². The van der Waals surface area contributed by atoms with Gasteiger partial charge < -0.3 is 10.5 Å². The number of hydrogen-bond acceptors (Lipinski definition) is 4. The summed E-state index contributed by atoms with van der Waals surface area (Å²) in [6.45, 7) is 4.60. The predicted molar refractivity (Wildman–Crippen MR) is 71.3 cm³/mol. The fraction of sp³-hybridized carbons (Fsp3) is 0.286. The Hall–Kier alpha value is -2.17. The van der Waals surface area contributed by atoms with Crippen LogP contribution < -0.4 is 10.5 Å². The molecule has 5 heteroatoms. The zero-order chi connectivity index (χ0) is 13.8. The molecule has 0 aliphatic carbocycles. The van der Waals surface area contributed by atoms with E-state index < -0.39 is 5.82 Å². The van der Waals surface area contributed by atoms with Gasteiger partial charge >= 0.3 is 6.01 Å². The van der Waals surface area contributed by atoms with Crippen molar-refractivity contribution >= 4 is 5.82 Å². The van der Waals surface area contributed by atoms with Gasteiger partial charge in [0.1, 0.15) is 6.61 Å². The minimum Gasteiger partial charge on any atom is -0.459 e. The molecule has 0 aliphatic heterocycles. The van der Waals surface area contributed by atoms with E-state index in [2.05, 4.69) is 35.9 Å². The highest BCUT2D eigenvalue weighted by atomic mass is 19.1. The minimum absolute atomic E-state index is 0.0758. The average molecular weight is 261 g/mol. The number of anilines is 1. The molecule has 2 N–H and O–H groups in total. The maximum atomic E-state index is 12.9. The first-order valence-corrected chi connectivity index (χ1v) is 6.06. The summed E-state index contributed by atoms with van der Waals surface area (Å²) >= 11 is 0. The van der Waals surface area contributed by atoms with Crippen molar-refractivity contribution in [2.45, 2.75) is 26.4 Å². The molecule has 0 atom stereocenters. The smallest absolute Gasteiger partial charge is 0.318 e. The summed E-state index contributed by atoms with van der Waals surface area (Å²) in [5, 5.41) is 0. The van der Waals surface area contributed by atoms with Gasteiger partial charge in [-0.15, -0.1) is 0 Å². The van der Waals surface area contributed by atoms with Crippen LogP contribution in [-0.2, 0) is 6.61 Å². The molecular formula is C14H16FN3O. The number of ether oxygens (including phenoxy) is 1. The molecule has 4 nitrogen and oxygen atoms in total. The third kappa shape index (κ3) is 3.40. The van der Waals surface area contributed by atoms with Crippen LogP contribution in [0.3, 0.4) is 0 Å². The highest BCUT2D eigenvalue weighted by molar-refractivity contribution is 5.29. The van der Waals surface area contributed by atoms with Crippen molar-refractivity contribution in [2.75, 3.05) is 5.73 Å². The molecule has 0 amide bonds. The first kappa shape index (κ1) is 13.3. The lowest BCUT2D eigenvalue weighted by molar-refractivity contribution is 0.280. The van der Waals surface area contributed by atoms with E-state index in [9.17, 15) is 4.39 Å². The quantitative estimate of drug-likeness (QED) is 0.919. The molecular weight excluding hydrogens is 245 g/mol. The van der Waals surface area contributed by atoms with Gasteiger partial charge in [-0.05, 0) is 17.0 Å². The van der Waals surface area contributed by atoms with Crippen LogP contribution in [0.2, 0.25) is 0 Å². The molecule has 0 fully saturated rings. The van der Waals surface area contributed by atoms with Crippen LogP contribution in [0.15, 0.2) is 30.5 Å². The second-order valence-electron chi connectivity index (χ2n) is 4.57. The monoisotopic (exact) mass is 261 g/mol. The fourth-order valence-corrected chi connectivity index (χ4v) is 1.58. The number of nitrogens with zero attached hydrogens (tertiary/aromatic N) is 2. The fourth-order valence-electron chi connectivity index (χ4n) is 1.58. The van der Waals surface area contributed by atoms with Crippen LogP contribution in [0.25, 0.3) is 0 Å². The number of aromatic nitrogens is 2. The summed E-state index contributed by atoms with van der Waals surface area (Å²) in [5.41, 5.74) is 7.60. The zero-order valence-corrected chi connectivity index (χ0v) is 10.9. The summed E-state index contributed by atoms with van der Waals surface area (Å²) in [6, 6.07) is 8.17. The molecule has 0 bridgehead atoms. The molecule has 1 heterocycles. The van der Waals surface area contributed by atoms with Gasteiger partial charge in [-0.25, -0.2) is 9.37 Å². The predicted octanol–water partition coefficient (Wildman–Crippen LogP) is 2.90. The first-order valence-electron chi connectivity index (χ1n) is 6.06. The summed E-state index contributed by atoms with van der Waals surface area (Å²) in [4.78, 5) is 7.41. The highest BCUT2D eigenvalue weighted by Gasteiger charge is 2.05.